The Kier molecular flexibility index (Phi) is 2.18. The minimum atomic E-state index is 0.187. The van der Waals surface area contributed by atoms with E-state index < -0.39 is 0 Å². The Morgan fingerprint density at radius 1 is 1.58 bits per heavy atom. The largest absolute Gasteiger partial charge is 0.322 e. The van der Waals surface area contributed by atoms with E-state index in [0.29, 0.717) is 5.82 Å². The first-order valence-electron chi connectivity index (χ1n) is 3.94. The molecule has 0 atom stereocenters. The molecule has 0 fully saturated rings. The summed E-state index contributed by atoms with van der Waals surface area (Å²) in [5.74, 6) is 0.491. The molecule has 0 N–H and O–H groups in total. The van der Waals surface area contributed by atoms with Crippen molar-refractivity contribution >= 4 is 0 Å². The highest BCUT2D eigenvalue weighted by Gasteiger charge is 2.12. The van der Waals surface area contributed by atoms with Crippen molar-refractivity contribution in [3.8, 4) is 6.07 Å². The summed E-state index contributed by atoms with van der Waals surface area (Å²) < 4.78 is 1.88. The lowest BCUT2D eigenvalue weighted by Gasteiger charge is -2.18. The summed E-state index contributed by atoms with van der Waals surface area (Å²) in [6.45, 7) is 7.23. The standard InChI is InChI=1S/C9H13N3/c1-9(2,3)7-12-5-4-11-8(12)6-10/h4-5H,7H2,1-3H3. The van der Waals surface area contributed by atoms with Gasteiger partial charge in [-0.05, 0) is 5.41 Å². The van der Waals surface area contributed by atoms with Crippen LogP contribution in [-0.4, -0.2) is 9.55 Å². The van der Waals surface area contributed by atoms with Crippen molar-refractivity contribution < 1.29 is 0 Å². The molecule has 0 aliphatic rings. The Morgan fingerprint density at radius 2 is 2.25 bits per heavy atom. The molecule has 1 aromatic heterocycles. The van der Waals surface area contributed by atoms with Crippen LogP contribution < -0.4 is 0 Å². The molecule has 0 aliphatic heterocycles. The van der Waals surface area contributed by atoms with Gasteiger partial charge in [-0.2, -0.15) is 5.26 Å². The highest BCUT2D eigenvalue weighted by molar-refractivity contribution is 5.11. The lowest BCUT2D eigenvalue weighted by atomic mass is 9.97. The quantitative estimate of drug-likeness (QED) is 0.633. The van der Waals surface area contributed by atoms with Gasteiger partial charge >= 0.3 is 0 Å². The lowest BCUT2D eigenvalue weighted by molar-refractivity contribution is 0.342. The van der Waals surface area contributed by atoms with Gasteiger partial charge in [0.25, 0.3) is 0 Å². The molecule has 1 rings (SSSR count). The zero-order valence-corrected chi connectivity index (χ0v) is 7.70. The number of hydrogen-bond donors (Lipinski definition) is 0. The number of hydrogen-bond acceptors (Lipinski definition) is 2. The maximum Gasteiger partial charge on any atom is 0.212 e. The first-order chi connectivity index (χ1) is 5.53. The average Bonchev–Trinajstić information content (AvgIpc) is 2.31. The van der Waals surface area contributed by atoms with Crippen LogP contribution in [-0.2, 0) is 6.54 Å². The highest BCUT2D eigenvalue weighted by Crippen LogP contribution is 2.16. The number of imidazole rings is 1. The van der Waals surface area contributed by atoms with E-state index in [4.69, 9.17) is 5.26 Å². The van der Waals surface area contributed by atoms with Gasteiger partial charge in [0, 0.05) is 18.9 Å². The predicted octanol–water partition coefficient (Wildman–Crippen LogP) is 1.80. The van der Waals surface area contributed by atoms with Crippen LogP contribution in [0.5, 0.6) is 0 Å². The molecule has 3 heteroatoms. The van der Waals surface area contributed by atoms with Gasteiger partial charge in [-0.15, -0.1) is 0 Å². The van der Waals surface area contributed by atoms with E-state index in [1.165, 1.54) is 0 Å². The normalized spacial score (nSPS) is 11.2. The zero-order chi connectivity index (χ0) is 9.19. The molecule has 1 heterocycles. The monoisotopic (exact) mass is 163 g/mol. The van der Waals surface area contributed by atoms with E-state index in [-0.39, 0.29) is 5.41 Å². The number of rotatable bonds is 1. The Bertz CT molecular complexity index is 298. The van der Waals surface area contributed by atoms with Crippen molar-refractivity contribution in [1.29, 1.82) is 5.26 Å². The molecule has 0 radical (unpaired) electrons. The summed E-state index contributed by atoms with van der Waals surface area (Å²) in [5.41, 5.74) is 0.187. The average molecular weight is 163 g/mol. The van der Waals surface area contributed by atoms with E-state index in [9.17, 15) is 0 Å². The highest BCUT2D eigenvalue weighted by atomic mass is 15.1. The van der Waals surface area contributed by atoms with Crippen LogP contribution in [0.25, 0.3) is 0 Å². The van der Waals surface area contributed by atoms with Crippen LogP contribution >= 0.6 is 0 Å². The molecule has 0 aliphatic carbocycles. The topological polar surface area (TPSA) is 41.6 Å². The molecular weight excluding hydrogens is 150 g/mol. The van der Waals surface area contributed by atoms with Crippen molar-refractivity contribution in [2.75, 3.05) is 0 Å². The van der Waals surface area contributed by atoms with Crippen LogP contribution in [0.4, 0.5) is 0 Å². The van der Waals surface area contributed by atoms with E-state index in [1.807, 2.05) is 10.8 Å². The maximum absolute atomic E-state index is 8.67. The van der Waals surface area contributed by atoms with Crippen LogP contribution in [0.1, 0.15) is 26.6 Å². The molecule has 0 amide bonds. The van der Waals surface area contributed by atoms with E-state index in [2.05, 4.69) is 31.8 Å². The van der Waals surface area contributed by atoms with Crippen molar-refractivity contribution in [2.24, 2.45) is 5.41 Å². The molecule has 0 aromatic carbocycles. The van der Waals surface area contributed by atoms with E-state index in [1.54, 1.807) is 6.20 Å². The second-order valence-electron chi connectivity index (χ2n) is 4.05. The minimum absolute atomic E-state index is 0.187. The minimum Gasteiger partial charge on any atom is -0.322 e. The third-order valence-electron chi connectivity index (χ3n) is 1.46. The van der Waals surface area contributed by atoms with Crippen LogP contribution in [0.2, 0.25) is 0 Å². The number of nitriles is 1. The Morgan fingerprint density at radius 3 is 2.75 bits per heavy atom. The first-order valence-corrected chi connectivity index (χ1v) is 3.94. The van der Waals surface area contributed by atoms with Crippen molar-refractivity contribution in [1.82, 2.24) is 9.55 Å². The van der Waals surface area contributed by atoms with Crippen LogP contribution in [0, 0.1) is 16.7 Å². The van der Waals surface area contributed by atoms with Gasteiger partial charge in [0.2, 0.25) is 5.82 Å². The number of nitrogens with zero attached hydrogens (tertiary/aromatic N) is 3. The molecule has 0 saturated heterocycles. The summed E-state index contributed by atoms with van der Waals surface area (Å²) >= 11 is 0. The smallest absolute Gasteiger partial charge is 0.212 e. The van der Waals surface area contributed by atoms with Crippen molar-refractivity contribution in [3.63, 3.8) is 0 Å². The summed E-state index contributed by atoms with van der Waals surface area (Å²) in [4.78, 5) is 3.92. The molecule has 0 spiro atoms. The Hall–Kier alpha value is -1.30. The van der Waals surface area contributed by atoms with Crippen molar-refractivity contribution in [3.05, 3.63) is 18.2 Å². The molecule has 3 nitrogen and oxygen atoms in total. The predicted molar refractivity (Wildman–Crippen MR) is 46.4 cm³/mol. The van der Waals surface area contributed by atoms with Gasteiger partial charge in [0.05, 0.1) is 0 Å². The molecular formula is C9H13N3. The molecule has 0 bridgehead atoms. The molecule has 64 valence electrons. The van der Waals surface area contributed by atoms with Gasteiger partial charge in [0.15, 0.2) is 0 Å². The molecule has 0 saturated carbocycles. The third kappa shape index (κ3) is 2.09. The summed E-state index contributed by atoms with van der Waals surface area (Å²) in [6.07, 6.45) is 3.49. The van der Waals surface area contributed by atoms with Gasteiger partial charge < -0.3 is 4.57 Å². The fraction of sp³-hybridized carbons (Fsp3) is 0.556. The fourth-order valence-corrected chi connectivity index (χ4v) is 1.06. The molecule has 1 aromatic rings. The lowest BCUT2D eigenvalue weighted by Crippen LogP contribution is -2.15. The third-order valence-corrected chi connectivity index (χ3v) is 1.46. The van der Waals surface area contributed by atoms with Gasteiger partial charge in [-0.25, -0.2) is 4.98 Å². The van der Waals surface area contributed by atoms with Gasteiger partial charge in [-0.1, -0.05) is 20.8 Å². The summed E-state index contributed by atoms with van der Waals surface area (Å²) in [5, 5.41) is 8.67. The number of aromatic nitrogens is 2. The van der Waals surface area contributed by atoms with Gasteiger partial charge in [0.1, 0.15) is 6.07 Å². The summed E-state index contributed by atoms with van der Waals surface area (Å²) in [6, 6.07) is 2.05. The SMILES string of the molecule is CC(C)(C)Cn1ccnc1C#N. The second-order valence-corrected chi connectivity index (χ2v) is 4.05. The molecule has 12 heavy (non-hydrogen) atoms. The Balaban J connectivity index is 2.84. The van der Waals surface area contributed by atoms with Crippen molar-refractivity contribution in [2.45, 2.75) is 27.3 Å². The first kappa shape index (κ1) is 8.79. The second kappa shape index (κ2) is 2.98. The van der Waals surface area contributed by atoms with E-state index in [0.717, 1.165) is 6.54 Å². The fourth-order valence-electron chi connectivity index (χ4n) is 1.06. The maximum atomic E-state index is 8.67. The van der Waals surface area contributed by atoms with E-state index >= 15 is 0 Å². The Labute approximate surface area is 72.7 Å². The zero-order valence-electron chi connectivity index (χ0n) is 7.70. The molecule has 0 unspecified atom stereocenters. The van der Waals surface area contributed by atoms with Crippen LogP contribution in [0.3, 0.4) is 0 Å². The summed E-state index contributed by atoms with van der Waals surface area (Å²) in [7, 11) is 0. The van der Waals surface area contributed by atoms with Crippen LogP contribution in [0.15, 0.2) is 12.4 Å². The van der Waals surface area contributed by atoms with Gasteiger partial charge in [-0.3, -0.25) is 0 Å².